The third-order valence-electron chi connectivity index (χ3n) is 3.01. The topological polar surface area (TPSA) is 64.6 Å². The Kier molecular flexibility index (Phi) is 6.17. The van der Waals surface area contributed by atoms with Crippen LogP contribution in [0.1, 0.15) is 16.8 Å². The third-order valence-corrected chi connectivity index (χ3v) is 3.54. The van der Waals surface area contributed by atoms with Gasteiger partial charge in [0.25, 0.3) is 5.91 Å². The van der Waals surface area contributed by atoms with Crippen LogP contribution in [0.15, 0.2) is 53.0 Å². The molecule has 0 aliphatic rings. The summed E-state index contributed by atoms with van der Waals surface area (Å²) in [6.07, 6.45) is 0.0916. The molecule has 0 aliphatic heterocycles. The molecule has 5 nitrogen and oxygen atoms in total. The van der Waals surface area contributed by atoms with Crippen LogP contribution in [0.25, 0.3) is 0 Å². The first-order valence-electron chi connectivity index (χ1n) is 6.97. The van der Waals surface area contributed by atoms with E-state index in [9.17, 15) is 9.59 Å². The largest absolute Gasteiger partial charge is 0.497 e. The summed E-state index contributed by atoms with van der Waals surface area (Å²) in [5, 5.41) is 2.68. The molecule has 0 heterocycles. The van der Waals surface area contributed by atoms with E-state index in [2.05, 4.69) is 21.2 Å². The van der Waals surface area contributed by atoms with Gasteiger partial charge in [0, 0.05) is 16.6 Å². The predicted molar refractivity (Wildman–Crippen MR) is 89.7 cm³/mol. The van der Waals surface area contributed by atoms with Crippen molar-refractivity contribution in [3.63, 3.8) is 0 Å². The number of esters is 1. The molecule has 0 aromatic heterocycles. The van der Waals surface area contributed by atoms with Crippen molar-refractivity contribution in [2.45, 2.75) is 6.42 Å². The molecule has 0 spiro atoms. The standard InChI is InChI=1S/C17H16BrNO4/c1-22-14-6-8-15(9-7-14)23-16(20)10-11-19-17(21)12-2-4-13(18)5-3-12/h2-9H,10-11H2,1H3,(H,19,21). The zero-order valence-electron chi connectivity index (χ0n) is 12.5. The van der Waals surface area contributed by atoms with Crippen LogP contribution in [0, 0.1) is 0 Å². The smallest absolute Gasteiger partial charge is 0.312 e. The number of carbonyl (C=O) groups excluding carboxylic acids is 2. The van der Waals surface area contributed by atoms with E-state index in [0.717, 1.165) is 4.47 Å². The van der Waals surface area contributed by atoms with Gasteiger partial charge in [0.1, 0.15) is 11.5 Å². The minimum atomic E-state index is -0.411. The number of rotatable bonds is 6. The third kappa shape index (κ3) is 5.41. The van der Waals surface area contributed by atoms with Crippen LogP contribution in [-0.4, -0.2) is 25.5 Å². The Balaban J connectivity index is 1.75. The van der Waals surface area contributed by atoms with Crippen LogP contribution < -0.4 is 14.8 Å². The summed E-state index contributed by atoms with van der Waals surface area (Å²) in [6.45, 7) is 0.212. The Morgan fingerprint density at radius 3 is 2.22 bits per heavy atom. The van der Waals surface area contributed by atoms with Crippen LogP contribution in [0.3, 0.4) is 0 Å². The SMILES string of the molecule is COc1ccc(OC(=O)CCNC(=O)c2ccc(Br)cc2)cc1. The summed E-state index contributed by atoms with van der Waals surface area (Å²) >= 11 is 3.31. The van der Waals surface area contributed by atoms with E-state index in [1.807, 2.05) is 0 Å². The Labute approximate surface area is 142 Å². The van der Waals surface area contributed by atoms with E-state index < -0.39 is 5.97 Å². The Bertz CT molecular complexity index is 668. The molecular formula is C17H16BrNO4. The number of amides is 1. The maximum absolute atomic E-state index is 11.9. The molecule has 0 unspecified atom stereocenters. The average Bonchev–Trinajstić information content (AvgIpc) is 2.56. The number of nitrogens with one attached hydrogen (secondary N) is 1. The fourth-order valence-electron chi connectivity index (χ4n) is 1.81. The van der Waals surface area contributed by atoms with Crippen molar-refractivity contribution in [2.24, 2.45) is 0 Å². The second kappa shape index (κ2) is 8.33. The molecule has 1 N–H and O–H groups in total. The van der Waals surface area contributed by atoms with Gasteiger partial charge >= 0.3 is 5.97 Å². The van der Waals surface area contributed by atoms with E-state index in [1.165, 1.54) is 0 Å². The number of hydrogen-bond donors (Lipinski definition) is 1. The fourth-order valence-corrected chi connectivity index (χ4v) is 2.07. The quantitative estimate of drug-likeness (QED) is 0.620. The van der Waals surface area contributed by atoms with Crippen molar-refractivity contribution in [3.05, 3.63) is 58.6 Å². The van der Waals surface area contributed by atoms with Gasteiger partial charge in [-0.2, -0.15) is 0 Å². The molecule has 1 amide bonds. The van der Waals surface area contributed by atoms with Gasteiger partial charge in [-0.3, -0.25) is 9.59 Å². The molecule has 0 atom stereocenters. The van der Waals surface area contributed by atoms with Gasteiger partial charge in [0.05, 0.1) is 13.5 Å². The van der Waals surface area contributed by atoms with Crippen LogP contribution in [0.5, 0.6) is 11.5 Å². The highest BCUT2D eigenvalue weighted by Gasteiger charge is 2.08. The van der Waals surface area contributed by atoms with Crippen LogP contribution >= 0.6 is 15.9 Å². The Morgan fingerprint density at radius 1 is 1.00 bits per heavy atom. The summed E-state index contributed by atoms with van der Waals surface area (Å²) < 4.78 is 11.1. The van der Waals surface area contributed by atoms with Gasteiger partial charge in [-0.15, -0.1) is 0 Å². The predicted octanol–water partition coefficient (Wildman–Crippen LogP) is 3.18. The van der Waals surface area contributed by atoms with Gasteiger partial charge in [-0.1, -0.05) is 15.9 Å². The summed E-state index contributed by atoms with van der Waals surface area (Å²) in [5.41, 5.74) is 0.539. The molecule has 0 radical (unpaired) electrons. The summed E-state index contributed by atoms with van der Waals surface area (Å²) in [4.78, 5) is 23.6. The number of carbonyl (C=O) groups is 2. The highest BCUT2D eigenvalue weighted by atomic mass is 79.9. The molecule has 2 aromatic rings. The summed E-state index contributed by atoms with van der Waals surface area (Å²) in [7, 11) is 1.56. The van der Waals surface area contributed by atoms with Gasteiger partial charge in [-0.25, -0.2) is 0 Å². The molecule has 0 saturated heterocycles. The molecular weight excluding hydrogens is 362 g/mol. The second-order valence-corrected chi connectivity index (χ2v) is 5.58. The van der Waals surface area contributed by atoms with E-state index in [1.54, 1.807) is 55.6 Å². The fraction of sp³-hybridized carbons (Fsp3) is 0.176. The minimum Gasteiger partial charge on any atom is -0.497 e. The Morgan fingerprint density at radius 2 is 1.61 bits per heavy atom. The maximum atomic E-state index is 11.9. The normalized spacial score (nSPS) is 10.0. The first kappa shape index (κ1) is 17.0. The first-order valence-corrected chi connectivity index (χ1v) is 7.76. The monoisotopic (exact) mass is 377 g/mol. The average molecular weight is 378 g/mol. The highest BCUT2D eigenvalue weighted by Crippen LogP contribution is 2.17. The van der Waals surface area contributed by atoms with Gasteiger partial charge in [-0.05, 0) is 48.5 Å². The van der Waals surface area contributed by atoms with Gasteiger partial charge in [0.15, 0.2) is 0 Å². The van der Waals surface area contributed by atoms with E-state index in [-0.39, 0.29) is 18.9 Å². The molecule has 23 heavy (non-hydrogen) atoms. The molecule has 2 aromatic carbocycles. The van der Waals surface area contributed by atoms with Gasteiger partial charge < -0.3 is 14.8 Å². The molecule has 6 heteroatoms. The number of benzene rings is 2. The lowest BCUT2D eigenvalue weighted by atomic mass is 10.2. The van der Waals surface area contributed by atoms with Crippen molar-refractivity contribution in [2.75, 3.05) is 13.7 Å². The Hall–Kier alpha value is -2.34. The highest BCUT2D eigenvalue weighted by molar-refractivity contribution is 9.10. The van der Waals surface area contributed by atoms with E-state index >= 15 is 0 Å². The molecule has 0 aliphatic carbocycles. The van der Waals surface area contributed by atoms with Crippen molar-refractivity contribution in [1.29, 1.82) is 0 Å². The molecule has 120 valence electrons. The molecule has 0 saturated carbocycles. The number of ether oxygens (including phenoxy) is 2. The zero-order valence-corrected chi connectivity index (χ0v) is 14.1. The van der Waals surface area contributed by atoms with Crippen molar-refractivity contribution < 1.29 is 19.1 Å². The van der Waals surface area contributed by atoms with E-state index in [4.69, 9.17) is 9.47 Å². The number of methoxy groups -OCH3 is 1. The summed E-state index contributed by atoms with van der Waals surface area (Å²) in [5.74, 6) is 0.489. The van der Waals surface area contributed by atoms with Crippen LogP contribution in [-0.2, 0) is 4.79 Å². The molecule has 0 fully saturated rings. The number of hydrogen-bond acceptors (Lipinski definition) is 4. The van der Waals surface area contributed by atoms with Gasteiger partial charge in [0.2, 0.25) is 0 Å². The van der Waals surface area contributed by atoms with Crippen LogP contribution in [0.2, 0.25) is 0 Å². The van der Waals surface area contributed by atoms with E-state index in [0.29, 0.717) is 17.1 Å². The maximum Gasteiger partial charge on any atom is 0.312 e. The molecule has 0 bridgehead atoms. The van der Waals surface area contributed by atoms with Crippen molar-refractivity contribution >= 4 is 27.8 Å². The van der Waals surface area contributed by atoms with Crippen molar-refractivity contribution in [1.82, 2.24) is 5.32 Å². The second-order valence-electron chi connectivity index (χ2n) is 4.66. The number of halogens is 1. The first-order chi connectivity index (χ1) is 11.1. The van der Waals surface area contributed by atoms with Crippen molar-refractivity contribution in [3.8, 4) is 11.5 Å². The molecule has 2 rings (SSSR count). The van der Waals surface area contributed by atoms with Crippen LogP contribution in [0.4, 0.5) is 0 Å². The lowest BCUT2D eigenvalue weighted by Gasteiger charge is -2.07. The zero-order chi connectivity index (χ0) is 16.7. The lowest BCUT2D eigenvalue weighted by Crippen LogP contribution is -2.27. The summed E-state index contributed by atoms with van der Waals surface area (Å²) in [6, 6.07) is 13.7. The lowest BCUT2D eigenvalue weighted by molar-refractivity contribution is -0.134. The minimum absolute atomic E-state index is 0.0916.